The average molecular weight is 464 g/mol. The maximum absolute atomic E-state index is 6.49. The van der Waals surface area contributed by atoms with E-state index in [1.54, 1.807) is 0 Å². The summed E-state index contributed by atoms with van der Waals surface area (Å²) in [5.41, 5.74) is 6.28. The van der Waals surface area contributed by atoms with Crippen molar-refractivity contribution >= 4 is 70.7 Å². The smallest absolute Gasteiger partial charge is 0.147 e. The van der Waals surface area contributed by atoms with Crippen molar-refractivity contribution in [3.05, 3.63) is 89.4 Å². The molecule has 0 aliphatic carbocycles. The second-order valence-corrected chi connectivity index (χ2v) is 8.62. The molecule has 0 fully saturated rings. The second-order valence-electron chi connectivity index (χ2n) is 7.70. The Bertz CT molecular complexity index is 1790. The molecule has 0 amide bonds. The van der Waals surface area contributed by atoms with E-state index in [0.717, 1.165) is 70.5 Å². The van der Waals surface area contributed by atoms with Gasteiger partial charge in [-0.2, -0.15) is 0 Å². The molecule has 146 valence electrons. The highest BCUT2D eigenvalue weighted by Crippen LogP contribution is 2.43. The highest BCUT2D eigenvalue weighted by Gasteiger charge is 2.21. The van der Waals surface area contributed by atoms with Gasteiger partial charge in [-0.15, -0.1) is 0 Å². The van der Waals surface area contributed by atoms with Crippen molar-refractivity contribution in [2.24, 2.45) is 0 Å². The van der Waals surface area contributed by atoms with E-state index >= 15 is 0 Å². The van der Waals surface area contributed by atoms with Crippen molar-refractivity contribution in [3.8, 4) is 11.3 Å². The van der Waals surface area contributed by atoms with Crippen LogP contribution in [0.15, 0.2) is 98.2 Å². The van der Waals surface area contributed by atoms with Crippen LogP contribution >= 0.6 is 15.9 Å². The molecule has 0 unspecified atom stereocenters. The number of aromatic nitrogens is 1. The molecule has 7 rings (SSSR count). The summed E-state index contributed by atoms with van der Waals surface area (Å²) in [6.45, 7) is 0. The van der Waals surface area contributed by atoms with Crippen molar-refractivity contribution in [1.29, 1.82) is 0 Å². The largest absolute Gasteiger partial charge is 0.456 e. The van der Waals surface area contributed by atoms with Crippen molar-refractivity contribution in [3.63, 3.8) is 0 Å². The van der Waals surface area contributed by atoms with Crippen LogP contribution in [0.5, 0.6) is 0 Å². The topological polar surface area (TPSA) is 39.2 Å². The van der Waals surface area contributed by atoms with Crippen molar-refractivity contribution in [1.82, 2.24) is 4.98 Å². The molecule has 0 spiro atoms. The quantitative estimate of drug-likeness (QED) is 0.245. The maximum Gasteiger partial charge on any atom is 0.147 e. The first-order chi connectivity index (χ1) is 15.3. The molecule has 0 aliphatic heterocycles. The van der Waals surface area contributed by atoms with Crippen LogP contribution in [0.2, 0.25) is 0 Å². The molecule has 0 saturated heterocycles. The van der Waals surface area contributed by atoms with Crippen LogP contribution in [-0.4, -0.2) is 4.98 Å². The van der Waals surface area contributed by atoms with Gasteiger partial charge in [0.1, 0.15) is 22.3 Å². The number of pyridine rings is 1. The summed E-state index contributed by atoms with van der Waals surface area (Å²) in [6.07, 6.45) is 0. The Kier molecular flexibility index (Phi) is 3.41. The molecular formula is C27H14BrNO2. The number of halogens is 1. The lowest BCUT2D eigenvalue weighted by molar-refractivity contribution is 0.667. The summed E-state index contributed by atoms with van der Waals surface area (Å²) >= 11 is 3.54. The maximum atomic E-state index is 6.49. The van der Waals surface area contributed by atoms with Crippen LogP contribution in [-0.2, 0) is 0 Å². The van der Waals surface area contributed by atoms with Crippen LogP contribution in [0.25, 0.3) is 66.0 Å². The number of furan rings is 2. The third-order valence-electron chi connectivity index (χ3n) is 5.93. The zero-order valence-electron chi connectivity index (χ0n) is 16.2. The molecule has 0 aliphatic rings. The fourth-order valence-corrected chi connectivity index (χ4v) is 4.84. The van der Waals surface area contributed by atoms with Crippen LogP contribution in [0.3, 0.4) is 0 Å². The lowest BCUT2D eigenvalue weighted by Crippen LogP contribution is -1.88. The van der Waals surface area contributed by atoms with Crippen molar-refractivity contribution < 1.29 is 8.83 Å². The Morgan fingerprint density at radius 3 is 2.03 bits per heavy atom. The Labute approximate surface area is 185 Å². The van der Waals surface area contributed by atoms with E-state index in [4.69, 9.17) is 13.8 Å². The van der Waals surface area contributed by atoms with E-state index in [1.165, 1.54) is 0 Å². The number of nitrogens with zero attached hydrogens (tertiary/aromatic N) is 1. The number of hydrogen-bond donors (Lipinski definition) is 0. The summed E-state index contributed by atoms with van der Waals surface area (Å²) < 4.78 is 13.7. The van der Waals surface area contributed by atoms with Crippen LogP contribution in [0.1, 0.15) is 0 Å². The molecule has 0 atom stereocenters. The average Bonchev–Trinajstić information content (AvgIpc) is 3.38. The molecule has 31 heavy (non-hydrogen) atoms. The van der Waals surface area contributed by atoms with Gasteiger partial charge in [0.15, 0.2) is 0 Å². The standard InChI is InChI=1S/C27H14BrNO2/c28-16-11-9-15(10-12-16)26-24-18-6-2-4-8-21(18)31-27(24)25-19(29-26)13-14-22-23(25)17-5-1-3-7-20(17)30-22/h1-14H. The summed E-state index contributed by atoms with van der Waals surface area (Å²) in [5.74, 6) is 0. The summed E-state index contributed by atoms with van der Waals surface area (Å²) in [7, 11) is 0. The van der Waals surface area contributed by atoms with Crippen molar-refractivity contribution in [2.75, 3.05) is 0 Å². The predicted octanol–water partition coefficient (Wildman–Crippen LogP) is 8.46. The van der Waals surface area contributed by atoms with Gasteiger partial charge in [-0.25, -0.2) is 4.98 Å². The summed E-state index contributed by atoms with van der Waals surface area (Å²) in [6, 6.07) is 28.6. The number of rotatable bonds is 1. The number of benzene rings is 4. The van der Waals surface area contributed by atoms with E-state index in [-0.39, 0.29) is 0 Å². The first kappa shape index (κ1) is 17.1. The van der Waals surface area contributed by atoms with Gasteiger partial charge in [-0.05, 0) is 36.4 Å². The van der Waals surface area contributed by atoms with Gasteiger partial charge in [0.05, 0.1) is 22.0 Å². The zero-order valence-corrected chi connectivity index (χ0v) is 17.8. The first-order valence-electron chi connectivity index (χ1n) is 10.1. The third kappa shape index (κ3) is 2.37. The highest BCUT2D eigenvalue weighted by molar-refractivity contribution is 9.10. The van der Waals surface area contributed by atoms with Gasteiger partial charge in [-0.1, -0.05) is 64.5 Å². The number of hydrogen-bond acceptors (Lipinski definition) is 3. The van der Waals surface area contributed by atoms with Gasteiger partial charge in [-0.3, -0.25) is 0 Å². The van der Waals surface area contributed by atoms with Crippen molar-refractivity contribution in [2.45, 2.75) is 0 Å². The van der Waals surface area contributed by atoms with E-state index in [2.05, 4.69) is 40.2 Å². The van der Waals surface area contributed by atoms with E-state index < -0.39 is 0 Å². The van der Waals surface area contributed by atoms with Gasteiger partial charge < -0.3 is 8.83 Å². The molecule has 4 aromatic carbocycles. The van der Waals surface area contributed by atoms with Crippen LogP contribution < -0.4 is 0 Å². The van der Waals surface area contributed by atoms with Gasteiger partial charge >= 0.3 is 0 Å². The molecule has 0 bridgehead atoms. The highest BCUT2D eigenvalue weighted by atomic mass is 79.9. The summed E-state index contributed by atoms with van der Waals surface area (Å²) in [4.78, 5) is 5.15. The molecule has 0 N–H and O–H groups in total. The van der Waals surface area contributed by atoms with Gasteiger partial charge in [0, 0.05) is 26.2 Å². The molecular weight excluding hydrogens is 450 g/mol. The fourth-order valence-electron chi connectivity index (χ4n) is 4.58. The lowest BCUT2D eigenvalue weighted by atomic mass is 10.00. The SMILES string of the molecule is Brc1ccc(-c2nc3ccc4oc5ccccc5c4c3c3oc4ccccc4c23)cc1. The fraction of sp³-hybridized carbons (Fsp3) is 0. The normalized spacial score (nSPS) is 12.0. The monoisotopic (exact) mass is 463 g/mol. The molecule has 3 heterocycles. The van der Waals surface area contributed by atoms with Crippen LogP contribution in [0.4, 0.5) is 0 Å². The molecule has 3 aromatic heterocycles. The van der Waals surface area contributed by atoms with Crippen LogP contribution in [0, 0.1) is 0 Å². The number of fused-ring (bicyclic) bond motifs is 9. The molecule has 0 saturated carbocycles. The second kappa shape index (κ2) is 6.19. The van der Waals surface area contributed by atoms with E-state index in [0.29, 0.717) is 0 Å². The number of para-hydroxylation sites is 2. The zero-order chi connectivity index (χ0) is 20.5. The molecule has 7 aromatic rings. The Hall–Kier alpha value is -3.63. The predicted molar refractivity (Wildman–Crippen MR) is 129 cm³/mol. The molecule has 4 heteroatoms. The van der Waals surface area contributed by atoms with Gasteiger partial charge in [0.2, 0.25) is 0 Å². The Morgan fingerprint density at radius 2 is 1.26 bits per heavy atom. The lowest BCUT2D eigenvalue weighted by Gasteiger charge is -2.08. The van der Waals surface area contributed by atoms with Gasteiger partial charge in [0.25, 0.3) is 0 Å². The molecule has 0 radical (unpaired) electrons. The third-order valence-corrected chi connectivity index (χ3v) is 6.46. The van der Waals surface area contributed by atoms with E-state index in [9.17, 15) is 0 Å². The summed E-state index contributed by atoms with van der Waals surface area (Å²) in [5, 5.41) is 5.21. The van der Waals surface area contributed by atoms with E-state index in [1.807, 2.05) is 60.7 Å². The minimum Gasteiger partial charge on any atom is -0.456 e. The minimum atomic E-state index is 0.841. The Balaban J connectivity index is 1.76. The minimum absolute atomic E-state index is 0.841. The molecule has 3 nitrogen and oxygen atoms in total. The Morgan fingerprint density at radius 1 is 0.581 bits per heavy atom. The first-order valence-corrected chi connectivity index (χ1v) is 10.9.